The molecule has 2 heterocycles. The van der Waals surface area contributed by atoms with Gasteiger partial charge in [-0.2, -0.15) is 0 Å². The van der Waals surface area contributed by atoms with Crippen LogP contribution in [0, 0.1) is 0 Å². The fourth-order valence-corrected chi connectivity index (χ4v) is 1.89. The summed E-state index contributed by atoms with van der Waals surface area (Å²) < 4.78 is 0. The molecule has 0 amide bonds. The molecule has 3 rings (SSSR count). The highest BCUT2D eigenvalue weighted by Crippen LogP contribution is 2.20. The van der Waals surface area contributed by atoms with Gasteiger partial charge >= 0.3 is 0 Å². The molecule has 2 aromatic heterocycles. The zero-order chi connectivity index (χ0) is 13.8. The molecule has 0 aliphatic rings. The van der Waals surface area contributed by atoms with E-state index in [1.807, 2.05) is 30.3 Å². The molecular weight excluding hydrogens is 254 g/mol. The van der Waals surface area contributed by atoms with E-state index < -0.39 is 0 Å². The van der Waals surface area contributed by atoms with Crippen LogP contribution < -0.4 is 5.32 Å². The van der Waals surface area contributed by atoms with E-state index >= 15 is 0 Å². The van der Waals surface area contributed by atoms with Gasteiger partial charge < -0.3 is 10.4 Å². The normalized spacial score (nSPS) is 10.7. The van der Waals surface area contributed by atoms with Crippen molar-refractivity contribution in [1.82, 2.24) is 19.9 Å². The molecular formula is C14H13N5O. The third-order valence-electron chi connectivity index (χ3n) is 2.82. The maximum absolute atomic E-state index is 8.89. The van der Waals surface area contributed by atoms with Gasteiger partial charge in [-0.3, -0.25) is 0 Å². The van der Waals surface area contributed by atoms with Gasteiger partial charge in [-0.15, -0.1) is 0 Å². The van der Waals surface area contributed by atoms with Gasteiger partial charge in [-0.05, 0) is 0 Å². The number of benzene rings is 1. The Bertz CT molecular complexity index is 717. The van der Waals surface area contributed by atoms with Gasteiger partial charge in [-0.1, -0.05) is 30.3 Å². The van der Waals surface area contributed by atoms with Gasteiger partial charge in [0.25, 0.3) is 0 Å². The first-order valence-corrected chi connectivity index (χ1v) is 6.26. The number of aliphatic hydroxyl groups excluding tert-OH is 1. The monoisotopic (exact) mass is 267 g/mol. The summed E-state index contributed by atoms with van der Waals surface area (Å²) >= 11 is 0. The zero-order valence-corrected chi connectivity index (χ0v) is 10.7. The van der Waals surface area contributed by atoms with Crippen molar-refractivity contribution in [3.63, 3.8) is 0 Å². The van der Waals surface area contributed by atoms with Gasteiger partial charge in [0.2, 0.25) is 0 Å². The van der Waals surface area contributed by atoms with Crippen LogP contribution in [0.2, 0.25) is 0 Å². The fraction of sp³-hybridized carbons (Fsp3) is 0.143. The van der Waals surface area contributed by atoms with Crippen LogP contribution in [0.15, 0.2) is 42.9 Å². The lowest BCUT2D eigenvalue weighted by molar-refractivity contribution is 0.311. The Hall–Kier alpha value is -2.60. The van der Waals surface area contributed by atoms with Crippen molar-refractivity contribution in [1.29, 1.82) is 0 Å². The molecule has 0 spiro atoms. The average Bonchev–Trinajstić information content (AvgIpc) is 2.53. The standard InChI is InChI=1S/C14H13N5O/c20-7-6-15-13-12-14(18-9-17-13)16-8-11(19-12)10-4-2-1-3-5-10/h1-5,8-9,20H,6-7H2,(H,15,16,17,18). The second-order valence-corrected chi connectivity index (χ2v) is 4.17. The number of nitrogens with zero attached hydrogens (tertiary/aromatic N) is 4. The number of aromatic nitrogens is 4. The number of fused-ring (bicyclic) bond motifs is 1. The van der Waals surface area contributed by atoms with E-state index in [2.05, 4.69) is 25.3 Å². The maximum atomic E-state index is 8.89. The molecule has 0 unspecified atom stereocenters. The van der Waals surface area contributed by atoms with Crippen molar-refractivity contribution >= 4 is 17.0 Å². The molecule has 1 aromatic carbocycles. The first-order valence-electron chi connectivity index (χ1n) is 6.26. The summed E-state index contributed by atoms with van der Waals surface area (Å²) in [6, 6.07) is 9.80. The van der Waals surface area contributed by atoms with Crippen LogP contribution in [0.5, 0.6) is 0 Å². The van der Waals surface area contributed by atoms with Gasteiger partial charge in [-0.25, -0.2) is 19.9 Å². The van der Waals surface area contributed by atoms with E-state index in [0.29, 0.717) is 23.5 Å². The third-order valence-corrected chi connectivity index (χ3v) is 2.82. The van der Waals surface area contributed by atoms with Crippen molar-refractivity contribution in [2.45, 2.75) is 0 Å². The summed E-state index contributed by atoms with van der Waals surface area (Å²) in [5, 5.41) is 11.9. The Labute approximate surface area is 115 Å². The van der Waals surface area contributed by atoms with Crippen LogP contribution >= 0.6 is 0 Å². The van der Waals surface area contributed by atoms with E-state index in [1.54, 1.807) is 6.20 Å². The maximum Gasteiger partial charge on any atom is 0.183 e. The molecule has 6 heteroatoms. The summed E-state index contributed by atoms with van der Waals surface area (Å²) in [6.07, 6.45) is 3.12. The minimum absolute atomic E-state index is 0.0251. The molecule has 3 aromatic rings. The molecule has 0 aliphatic heterocycles. The van der Waals surface area contributed by atoms with Gasteiger partial charge in [0, 0.05) is 12.1 Å². The second-order valence-electron chi connectivity index (χ2n) is 4.17. The number of aliphatic hydroxyl groups is 1. The van der Waals surface area contributed by atoms with Crippen molar-refractivity contribution in [3.05, 3.63) is 42.9 Å². The third kappa shape index (κ3) is 2.41. The van der Waals surface area contributed by atoms with Crippen molar-refractivity contribution < 1.29 is 5.11 Å². The molecule has 0 saturated carbocycles. The minimum Gasteiger partial charge on any atom is -0.395 e. The van der Waals surface area contributed by atoms with Crippen molar-refractivity contribution in [2.75, 3.05) is 18.5 Å². The number of rotatable bonds is 4. The molecule has 6 nitrogen and oxygen atoms in total. The predicted octanol–water partition coefficient (Wildman–Crippen LogP) is 1.49. The lowest BCUT2D eigenvalue weighted by Gasteiger charge is -2.07. The van der Waals surface area contributed by atoms with E-state index in [0.717, 1.165) is 11.3 Å². The van der Waals surface area contributed by atoms with Crippen LogP contribution in [0.3, 0.4) is 0 Å². The van der Waals surface area contributed by atoms with E-state index in [4.69, 9.17) is 5.11 Å². The molecule has 2 N–H and O–H groups in total. The molecule has 100 valence electrons. The van der Waals surface area contributed by atoms with E-state index in [1.165, 1.54) is 6.33 Å². The number of hydrogen-bond acceptors (Lipinski definition) is 6. The topological polar surface area (TPSA) is 83.8 Å². The van der Waals surface area contributed by atoms with E-state index in [-0.39, 0.29) is 6.61 Å². The molecule has 0 saturated heterocycles. The number of nitrogens with one attached hydrogen (secondary N) is 1. The predicted molar refractivity (Wildman–Crippen MR) is 76.1 cm³/mol. The minimum atomic E-state index is 0.0251. The Morgan fingerprint density at radius 2 is 1.90 bits per heavy atom. The lowest BCUT2D eigenvalue weighted by atomic mass is 10.2. The summed E-state index contributed by atoms with van der Waals surface area (Å²) in [6.45, 7) is 0.431. The molecule has 0 aliphatic carbocycles. The SMILES string of the molecule is OCCNc1ncnc2ncc(-c3ccccc3)nc12. The quantitative estimate of drug-likeness (QED) is 0.745. The Kier molecular flexibility index (Phi) is 3.47. The number of hydrogen-bond donors (Lipinski definition) is 2. The summed E-state index contributed by atoms with van der Waals surface area (Å²) in [5.41, 5.74) is 2.88. The highest BCUT2D eigenvalue weighted by Gasteiger charge is 2.08. The van der Waals surface area contributed by atoms with Crippen molar-refractivity contribution in [3.8, 4) is 11.3 Å². The van der Waals surface area contributed by atoms with Gasteiger partial charge in [0.05, 0.1) is 18.5 Å². The highest BCUT2D eigenvalue weighted by molar-refractivity contribution is 5.83. The number of anilines is 1. The summed E-state index contributed by atoms with van der Waals surface area (Å²) in [5.74, 6) is 0.578. The fourth-order valence-electron chi connectivity index (χ4n) is 1.89. The Morgan fingerprint density at radius 3 is 2.70 bits per heavy atom. The zero-order valence-electron chi connectivity index (χ0n) is 10.7. The molecule has 20 heavy (non-hydrogen) atoms. The molecule has 0 atom stereocenters. The second kappa shape index (κ2) is 5.58. The van der Waals surface area contributed by atoms with Crippen LogP contribution in [0.1, 0.15) is 0 Å². The summed E-state index contributed by atoms with van der Waals surface area (Å²) in [4.78, 5) is 17.1. The van der Waals surface area contributed by atoms with Crippen LogP contribution in [0.4, 0.5) is 5.82 Å². The van der Waals surface area contributed by atoms with Crippen LogP contribution in [-0.2, 0) is 0 Å². The Morgan fingerprint density at radius 1 is 1.05 bits per heavy atom. The average molecular weight is 267 g/mol. The smallest absolute Gasteiger partial charge is 0.183 e. The molecule has 0 radical (unpaired) electrons. The van der Waals surface area contributed by atoms with Gasteiger partial charge in [0.15, 0.2) is 17.0 Å². The first kappa shape index (κ1) is 12.4. The highest BCUT2D eigenvalue weighted by atomic mass is 16.3. The van der Waals surface area contributed by atoms with Gasteiger partial charge in [0.1, 0.15) is 6.33 Å². The lowest BCUT2D eigenvalue weighted by Crippen LogP contribution is -2.08. The first-order chi connectivity index (χ1) is 9.88. The largest absolute Gasteiger partial charge is 0.395 e. The van der Waals surface area contributed by atoms with Crippen molar-refractivity contribution in [2.24, 2.45) is 0 Å². The van der Waals surface area contributed by atoms with Crippen LogP contribution in [-0.4, -0.2) is 38.2 Å². The van der Waals surface area contributed by atoms with Crippen LogP contribution in [0.25, 0.3) is 22.4 Å². The van der Waals surface area contributed by atoms with E-state index in [9.17, 15) is 0 Å². The molecule has 0 bridgehead atoms. The molecule has 0 fully saturated rings. The Balaban J connectivity index is 2.09. The summed E-state index contributed by atoms with van der Waals surface area (Å²) in [7, 11) is 0.